The fourth-order valence-electron chi connectivity index (χ4n) is 2.12. The number of benzene rings is 2. The maximum absolute atomic E-state index is 12.6. The van der Waals surface area contributed by atoms with Crippen molar-refractivity contribution in [2.75, 3.05) is 7.11 Å². The zero-order chi connectivity index (χ0) is 17.7. The second-order valence-corrected chi connectivity index (χ2v) is 6.55. The molecule has 0 aromatic heterocycles. The van der Waals surface area contributed by atoms with E-state index in [2.05, 4.69) is 0 Å². The van der Waals surface area contributed by atoms with Crippen LogP contribution in [-0.4, -0.2) is 18.9 Å². The van der Waals surface area contributed by atoms with Gasteiger partial charge in [-0.2, -0.15) is 0 Å². The predicted octanol–water partition coefficient (Wildman–Crippen LogP) is 4.21. The lowest BCUT2D eigenvalue weighted by Gasteiger charge is -2.17. The van der Waals surface area contributed by atoms with Gasteiger partial charge in [-0.3, -0.25) is 9.59 Å². The molecule has 24 heavy (non-hydrogen) atoms. The van der Waals surface area contributed by atoms with Gasteiger partial charge in [-0.1, -0.05) is 42.5 Å². The number of hydrogen-bond acceptors (Lipinski definition) is 4. The summed E-state index contributed by atoms with van der Waals surface area (Å²) < 4.78 is 10.7. The second kappa shape index (κ2) is 7.41. The number of hydrogen-bond donors (Lipinski definition) is 0. The molecule has 1 unspecified atom stereocenters. The van der Waals surface area contributed by atoms with E-state index in [9.17, 15) is 9.59 Å². The minimum absolute atomic E-state index is 0.113. The van der Waals surface area contributed by atoms with E-state index >= 15 is 0 Å². The van der Waals surface area contributed by atoms with Gasteiger partial charge in [0.05, 0.1) is 5.41 Å². The average molecular weight is 326 g/mol. The molecule has 0 radical (unpaired) electrons. The van der Waals surface area contributed by atoms with Crippen molar-refractivity contribution in [3.05, 3.63) is 65.7 Å². The summed E-state index contributed by atoms with van der Waals surface area (Å²) in [4.78, 5) is 24.5. The molecule has 0 bridgehead atoms. The Hall–Kier alpha value is -2.46. The van der Waals surface area contributed by atoms with Gasteiger partial charge >= 0.3 is 5.97 Å². The van der Waals surface area contributed by atoms with E-state index in [1.807, 2.05) is 18.2 Å². The first-order valence-electron chi connectivity index (χ1n) is 7.77. The first kappa shape index (κ1) is 17.9. The molecule has 0 N–H and O–H groups in total. The molecular weight excluding hydrogens is 304 g/mol. The van der Waals surface area contributed by atoms with Gasteiger partial charge < -0.3 is 9.47 Å². The molecule has 0 fully saturated rings. The van der Waals surface area contributed by atoms with Gasteiger partial charge in [-0.15, -0.1) is 0 Å². The minimum atomic E-state index is -0.695. The summed E-state index contributed by atoms with van der Waals surface area (Å²) in [7, 11) is 1.50. The number of rotatable bonds is 5. The highest BCUT2D eigenvalue weighted by atomic mass is 16.5. The van der Waals surface area contributed by atoms with E-state index in [0.29, 0.717) is 16.9 Å². The predicted molar refractivity (Wildman–Crippen MR) is 92.1 cm³/mol. The molecule has 0 saturated carbocycles. The molecule has 0 aliphatic rings. The average Bonchev–Trinajstić information content (AvgIpc) is 2.57. The van der Waals surface area contributed by atoms with E-state index in [1.165, 1.54) is 7.11 Å². The molecule has 0 aliphatic heterocycles. The van der Waals surface area contributed by atoms with Crippen LogP contribution in [0.3, 0.4) is 0 Å². The van der Waals surface area contributed by atoms with Crippen LogP contribution in [0.5, 0.6) is 5.75 Å². The number of carbonyl (C=O) groups excluding carboxylic acids is 2. The summed E-state index contributed by atoms with van der Waals surface area (Å²) in [5.74, 6) is 0.0251. The van der Waals surface area contributed by atoms with Crippen molar-refractivity contribution in [2.24, 2.45) is 5.41 Å². The molecule has 4 nitrogen and oxygen atoms in total. The highest BCUT2D eigenvalue weighted by Gasteiger charge is 2.24. The van der Waals surface area contributed by atoms with Crippen molar-refractivity contribution in [3.8, 4) is 5.75 Å². The van der Waals surface area contributed by atoms with Crippen molar-refractivity contribution in [1.82, 2.24) is 0 Å². The zero-order valence-corrected chi connectivity index (χ0v) is 14.4. The number of ketones is 1. The van der Waals surface area contributed by atoms with Crippen LogP contribution < -0.4 is 4.74 Å². The molecule has 2 rings (SSSR count). The Morgan fingerprint density at radius 3 is 2.00 bits per heavy atom. The highest BCUT2D eigenvalue weighted by molar-refractivity contribution is 6.00. The first-order valence-corrected chi connectivity index (χ1v) is 7.77. The van der Waals surface area contributed by atoms with Crippen LogP contribution in [0.25, 0.3) is 0 Å². The normalized spacial score (nSPS) is 12.5. The lowest BCUT2D eigenvalue weighted by molar-refractivity contribution is -0.143. The summed E-state index contributed by atoms with van der Waals surface area (Å²) in [6, 6.07) is 15.8. The van der Waals surface area contributed by atoms with Gasteiger partial charge in [0.25, 0.3) is 0 Å². The Morgan fingerprint density at radius 1 is 0.917 bits per heavy atom. The van der Waals surface area contributed by atoms with E-state index in [-0.39, 0.29) is 11.8 Å². The molecular formula is C20H22O4. The summed E-state index contributed by atoms with van der Waals surface area (Å²) in [6.07, 6.45) is -0.695. The van der Waals surface area contributed by atoms with Crippen LogP contribution in [0.4, 0.5) is 0 Å². The molecule has 1 atom stereocenters. The van der Waals surface area contributed by atoms with Crippen molar-refractivity contribution in [2.45, 2.75) is 26.9 Å². The topological polar surface area (TPSA) is 52.6 Å². The van der Waals surface area contributed by atoms with Gasteiger partial charge in [-0.25, -0.2) is 0 Å². The van der Waals surface area contributed by atoms with Crippen LogP contribution in [0, 0.1) is 5.41 Å². The van der Waals surface area contributed by atoms with Crippen LogP contribution >= 0.6 is 0 Å². The van der Waals surface area contributed by atoms with Crippen LogP contribution in [0.1, 0.15) is 42.8 Å². The molecule has 2 aromatic rings. The van der Waals surface area contributed by atoms with E-state index in [1.54, 1.807) is 57.2 Å². The molecule has 126 valence electrons. The van der Waals surface area contributed by atoms with Crippen molar-refractivity contribution in [1.29, 1.82) is 0 Å². The van der Waals surface area contributed by atoms with Crippen molar-refractivity contribution < 1.29 is 19.1 Å². The van der Waals surface area contributed by atoms with Gasteiger partial charge in [0, 0.05) is 12.7 Å². The number of Topliss-reactive ketones (excluding diaryl/α,β-unsaturated/α-hetero) is 1. The summed E-state index contributed by atoms with van der Waals surface area (Å²) >= 11 is 0. The zero-order valence-electron chi connectivity index (χ0n) is 14.4. The van der Waals surface area contributed by atoms with Crippen LogP contribution in [-0.2, 0) is 9.53 Å². The van der Waals surface area contributed by atoms with Gasteiger partial charge in [0.15, 0.2) is 5.78 Å². The Morgan fingerprint density at radius 2 is 1.50 bits per heavy atom. The summed E-state index contributed by atoms with van der Waals surface area (Å²) in [6.45, 7) is 5.38. The molecule has 0 saturated heterocycles. The molecule has 4 heteroatoms. The molecule has 2 aromatic carbocycles. The summed E-state index contributed by atoms with van der Waals surface area (Å²) in [5, 5.41) is 0. The fourth-order valence-corrected chi connectivity index (χ4v) is 2.12. The van der Waals surface area contributed by atoms with Crippen molar-refractivity contribution >= 4 is 11.8 Å². The Bertz CT molecular complexity index is 697. The molecule has 0 amide bonds. The largest absolute Gasteiger partial charge is 0.426 e. The Labute approximate surface area is 142 Å². The lowest BCUT2D eigenvalue weighted by Crippen LogP contribution is -2.25. The Balaban J connectivity index is 2.16. The van der Waals surface area contributed by atoms with Gasteiger partial charge in [0.1, 0.15) is 11.9 Å². The standard InChI is InChI=1S/C20H22O4/c1-20(2,3)19(22)24-16-12-10-15(11-13-16)18(23-4)17(21)14-8-6-5-7-9-14/h5-13,18H,1-4H3. The highest BCUT2D eigenvalue weighted by Crippen LogP contribution is 2.25. The minimum Gasteiger partial charge on any atom is -0.426 e. The second-order valence-electron chi connectivity index (χ2n) is 6.55. The summed E-state index contributed by atoms with van der Waals surface area (Å²) in [5.41, 5.74) is 0.728. The van der Waals surface area contributed by atoms with Crippen LogP contribution in [0.2, 0.25) is 0 Å². The quantitative estimate of drug-likeness (QED) is 0.469. The fraction of sp³-hybridized carbons (Fsp3) is 0.300. The molecule has 0 heterocycles. The number of carbonyl (C=O) groups is 2. The van der Waals surface area contributed by atoms with Gasteiger partial charge in [-0.05, 0) is 38.5 Å². The maximum Gasteiger partial charge on any atom is 0.316 e. The SMILES string of the molecule is COC(C(=O)c1ccccc1)c1ccc(OC(=O)C(C)(C)C)cc1. The van der Waals surface area contributed by atoms with E-state index < -0.39 is 11.5 Å². The van der Waals surface area contributed by atoms with E-state index in [0.717, 1.165) is 0 Å². The number of ether oxygens (including phenoxy) is 2. The third-order valence-corrected chi connectivity index (χ3v) is 3.54. The van der Waals surface area contributed by atoms with Crippen molar-refractivity contribution in [3.63, 3.8) is 0 Å². The number of esters is 1. The monoisotopic (exact) mass is 326 g/mol. The smallest absolute Gasteiger partial charge is 0.316 e. The third-order valence-electron chi connectivity index (χ3n) is 3.54. The lowest BCUT2D eigenvalue weighted by atomic mass is 9.97. The first-order chi connectivity index (χ1) is 11.3. The van der Waals surface area contributed by atoms with E-state index in [4.69, 9.17) is 9.47 Å². The molecule has 0 aliphatic carbocycles. The van der Waals surface area contributed by atoms with Crippen LogP contribution in [0.15, 0.2) is 54.6 Å². The number of methoxy groups -OCH3 is 1. The maximum atomic E-state index is 12.6. The Kier molecular flexibility index (Phi) is 5.52. The third kappa shape index (κ3) is 4.30. The molecule has 0 spiro atoms. The van der Waals surface area contributed by atoms with Gasteiger partial charge in [0.2, 0.25) is 0 Å².